The molecule has 0 amide bonds. The third kappa shape index (κ3) is 0.671. The van der Waals surface area contributed by atoms with Crippen molar-refractivity contribution in [2.24, 2.45) is 17.3 Å². The molecule has 1 fully saturated rings. The second-order valence-corrected chi connectivity index (χ2v) is 3.93. The molecule has 0 aromatic heterocycles. The molecule has 0 heterocycles. The maximum absolute atomic E-state index is 9.11. The molecule has 10 heavy (non-hydrogen) atoms. The van der Waals surface area contributed by atoms with E-state index < -0.39 is 0 Å². The van der Waals surface area contributed by atoms with E-state index in [1.165, 1.54) is 12.8 Å². The summed E-state index contributed by atoms with van der Waals surface area (Å²) in [5, 5.41) is 9.11. The van der Waals surface area contributed by atoms with Gasteiger partial charge in [0.05, 0.1) is 6.61 Å². The highest BCUT2D eigenvalue weighted by Gasteiger charge is 2.44. The minimum atomic E-state index is 0.198. The molecular formula is C9H14O. The first-order valence-corrected chi connectivity index (χ1v) is 4.06. The van der Waals surface area contributed by atoms with E-state index in [4.69, 9.17) is 5.11 Å². The Morgan fingerprint density at radius 2 is 2.40 bits per heavy atom. The molecule has 0 aromatic carbocycles. The van der Waals surface area contributed by atoms with Crippen molar-refractivity contribution in [2.45, 2.75) is 19.8 Å². The largest absolute Gasteiger partial charge is 0.395 e. The molecule has 3 unspecified atom stereocenters. The van der Waals surface area contributed by atoms with E-state index >= 15 is 0 Å². The van der Waals surface area contributed by atoms with Crippen LogP contribution in [0.5, 0.6) is 0 Å². The molecule has 0 spiro atoms. The summed E-state index contributed by atoms with van der Waals surface area (Å²) in [6.07, 6.45) is 6.90. The fraction of sp³-hybridized carbons (Fsp3) is 0.778. The van der Waals surface area contributed by atoms with Crippen LogP contribution in [0.2, 0.25) is 0 Å². The van der Waals surface area contributed by atoms with Crippen molar-refractivity contribution < 1.29 is 5.11 Å². The van der Waals surface area contributed by atoms with Gasteiger partial charge in [0.25, 0.3) is 0 Å². The molecule has 1 N–H and O–H groups in total. The maximum Gasteiger partial charge on any atom is 0.0522 e. The minimum Gasteiger partial charge on any atom is -0.395 e. The average molecular weight is 138 g/mol. The lowest BCUT2D eigenvalue weighted by atomic mass is 9.86. The van der Waals surface area contributed by atoms with E-state index in [0.717, 1.165) is 11.8 Å². The molecular weight excluding hydrogens is 124 g/mol. The molecule has 2 rings (SSSR count). The molecule has 3 atom stereocenters. The van der Waals surface area contributed by atoms with Crippen LogP contribution in [0, 0.1) is 17.3 Å². The van der Waals surface area contributed by atoms with Crippen molar-refractivity contribution in [1.29, 1.82) is 0 Å². The van der Waals surface area contributed by atoms with Crippen LogP contribution < -0.4 is 0 Å². The van der Waals surface area contributed by atoms with Gasteiger partial charge in [0.15, 0.2) is 0 Å². The molecule has 56 valence electrons. The minimum absolute atomic E-state index is 0.198. The van der Waals surface area contributed by atoms with Crippen molar-refractivity contribution in [2.75, 3.05) is 6.61 Å². The molecule has 0 saturated heterocycles. The monoisotopic (exact) mass is 138 g/mol. The number of hydrogen-bond donors (Lipinski definition) is 1. The van der Waals surface area contributed by atoms with E-state index in [9.17, 15) is 0 Å². The zero-order valence-electron chi connectivity index (χ0n) is 6.38. The summed E-state index contributed by atoms with van der Waals surface area (Å²) >= 11 is 0. The third-order valence-electron chi connectivity index (χ3n) is 3.11. The van der Waals surface area contributed by atoms with Crippen LogP contribution in [-0.2, 0) is 0 Å². The van der Waals surface area contributed by atoms with Gasteiger partial charge in [-0.25, -0.2) is 0 Å². The zero-order valence-corrected chi connectivity index (χ0v) is 6.38. The molecule has 1 saturated carbocycles. The molecule has 0 aliphatic heterocycles. The Kier molecular flexibility index (Phi) is 1.19. The number of fused-ring (bicyclic) bond motifs is 2. The predicted molar refractivity (Wildman–Crippen MR) is 40.5 cm³/mol. The Hall–Kier alpha value is -0.300. The fourth-order valence-corrected chi connectivity index (χ4v) is 2.45. The summed E-state index contributed by atoms with van der Waals surface area (Å²) in [5.74, 6) is 1.57. The molecule has 0 radical (unpaired) electrons. The number of rotatable bonds is 1. The van der Waals surface area contributed by atoms with E-state index in [1.807, 2.05) is 0 Å². The van der Waals surface area contributed by atoms with Crippen molar-refractivity contribution >= 4 is 0 Å². The highest BCUT2D eigenvalue weighted by molar-refractivity contribution is 5.17. The number of aliphatic hydroxyl groups is 1. The SMILES string of the molecule is CC1CC2(CO)C=CC1C2. The van der Waals surface area contributed by atoms with Crippen LogP contribution in [0.25, 0.3) is 0 Å². The van der Waals surface area contributed by atoms with Crippen LogP contribution in [0.15, 0.2) is 12.2 Å². The molecule has 0 aromatic rings. The van der Waals surface area contributed by atoms with Crippen LogP contribution >= 0.6 is 0 Å². The van der Waals surface area contributed by atoms with E-state index in [2.05, 4.69) is 19.1 Å². The summed E-state index contributed by atoms with van der Waals surface area (Å²) in [6, 6.07) is 0. The number of hydrogen-bond acceptors (Lipinski definition) is 1. The quantitative estimate of drug-likeness (QED) is 0.545. The average Bonchev–Trinajstić information content (AvgIpc) is 2.45. The van der Waals surface area contributed by atoms with E-state index in [1.54, 1.807) is 0 Å². The Bertz CT molecular complexity index is 174. The van der Waals surface area contributed by atoms with Gasteiger partial charge in [0.1, 0.15) is 0 Å². The first kappa shape index (κ1) is 6.41. The van der Waals surface area contributed by atoms with Gasteiger partial charge in [-0.15, -0.1) is 0 Å². The molecule has 2 aliphatic rings. The second-order valence-electron chi connectivity index (χ2n) is 3.93. The molecule has 1 nitrogen and oxygen atoms in total. The van der Waals surface area contributed by atoms with Gasteiger partial charge in [-0.2, -0.15) is 0 Å². The predicted octanol–water partition coefficient (Wildman–Crippen LogP) is 1.58. The van der Waals surface area contributed by atoms with Crippen molar-refractivity contribution in [1.82, 2.24) is 0 Å². The maximum atomic E-state index is 9.11. The van der Waals surface area contributed by atoms with Crippen LogP contribution in [0.1, 0.15) is 19.8 Å². The second kappa shape index (κ2) is 1.85. The highest BCUT2D eigenvalue weighted by atomic mass is 16.3. The third-order valence-corrected chi connectivity index (χ3v) is 3.11. The topological polar surface area (TPSA) is 20.2 Å². The smallest absolute Gasteiger partial charge is 0.0522 e. The standard InChI is InChI=1S/C9H14O/c1-7-4-9(6-10)3-2-8(7)5-9/h2-3,7-8,10H,4-6H2,1H3. The van der Waals surface area contributed by atoms with Crippen molar-refractivity contribution in [3.63, 3.8) is 0 Å². The van der Waals surface area contributed by atoms with Crippen molar-refractivity contribution in [3.05, 3.63) is 12.2 Å². The van der Waals surface area contributed by atoms with Gasteiger partial charge in [-0.1, -0.05) is 19.1 Å². The normalized spacial score (nSPS) is 50.6. The Labute approximate surface area is 61.8 Å². The Morgan fingerprint density at radius 3 is 2.70 bits per heavy atom. The first-order valence-electron chi connectivity index (χ1n) is 4.06. The van der Waals surface area contributed by atoms with Crippen molar-refractivity contribution in [3.8, 4) is 0 Å². The van der Waals surface area contributed by atoms with Gasteiger partial charge in [0.2, 0.25) is 0 Å². The Balaban J connectivity index is 2.23. The highest BCUT2D eigenvalue weighted by Crippen LogP contribution is 2.51. The summed E-state index contributed by atoms with van der Waals surface area (Å²) in [7, 11) is 0. The molecule has 2 bridgehead atoms. The fourth-order valence-electron chi connectivity index (χ4n) is 2.45. The van der Waals surface area contributed by atoms with Gasteiger partial charge < -0.3 is 5.11 Å². The summed E-state index contributed by atoms with van der Waals surface area (Å²) in [4.78, 5) is 0. The van der Waals surface area contributed by atoms with E-state index in [-0.39, 0.29) is 5.41 Å². The van der Waals surface area contributed by atoms with Crippen LogP contribution in [0.4, 0.5) is 0 Å². The van der Waals surface area contributed by atoms with Gasteiger partial charge >= 0.3 is 0 Å². The number of allylic oxidation sites excluding steroid dienone is 1. The van der Waals surface area contributed by atoms with Gasteiger partial charge in [-0.05, 0) is 24.7 Å². The van der Waals surface area contributed by atoms with Crippen LogP contribution in [-0.4, -0.2) is 11.7 Å². The summed E-state index contributed by atoms with van der Waals surface area (Å²) in [6.45, 7) is 2.63. The van der Waals surface area contributed by atoms with Gasteiger partial charge in [0, 0.05) is 5.41 Å². The summed E-state index contributed by atoms with van der Waals surface area (Å²) < 4.78 is 0. The molecule has 1 heteroatoms. The lowest BCUT2D eigenvalue weighted by Crippen LogP contribution is -2.17. The Morgan fingerprint density at radius 1 is 1.60 bits per heavy atom. The molecule has 2 aliphatic carbocycles. The van der Waals surface area contributed by atoms with E-state index in [0.29, 0.717) is 6.61 Å². The lowest BCUT2D eigenvalue weighted by molar-refractivity contribution is 0.172. The number of aliphatic hydroxyl groups excluding tert-OH is 1. The summed E-state index contributed by atoms with van der Waals surface area (Å²) in [5.41, 5.74) is 0.198. The lowest BCUT2D eigenvalue weighted by Gasteiger charge is -2.21. The van der Waals surface area contributed by atoms with Gasteiger partial charge in [-0.3, -0.25) is 0 Å². The first-order chi connectivity index (χ1) is 4.76. The zero-order chi connectivity index (χ0) is 7.19. The van der Waals surface area contributed by atoms with Crippen LogP contribution in [0.3, 0.4) is 0 Å².